The van der Waals surface area contributed by atoms with Crippen LogP contribution in [0.3, 0.4) is 0 Å². The molecule has 3 rings (SSSR count). The van der Waals surface area contributed by atoms with Gasteiger partial charge in [-0.3, -0.25) is 0 Å². The van der Waals surface area contributed by atoms with Crippen molar-refractivity contribution in [1.29, 1.82) is 0 Å². The van der Waals surface area contributed by atoms with Crippen molar-refractivity contribution in [2.45, 2.75) is 140 Å². The van der Waals surface area contributed by atoms with Crippen LogP contribution in [-0.2, 0) is 9.47 Å². The summed E-state index contributed by atoms with van der Waals surface area (Å²) in [6.45, 7) is 24.6. The fourth-order valence-corrected chi connectivity index (χ4v) is 13.1. The fraction of sp³-hybridized carbons (Fsp3) is 0.700. The van der Waals surface area contributed by atoms with Crippen LogP contribution < -0.4 is 0 Å². The van der Waals surface area contributed by atoms with Crippen molar-refractivity contribution in [2.24, 2.45) is 5.41 Å². The summed E-state index contributed by atoms with van der Waals surface area (Å²) in [6.07, 6.45) is 8.11. The van der Waals surface area contributed by atoms with Crippen LogP contribution in [0.4, 0.5) is 0 Å². The third-order valence-electron chi connectivity index (χ3n) is 10.5. The second-order valence-electron chi connectivity index (χ2n) is 15.0. The number of benzene rings is 2. The predicted molar refractivity (Wildman–Crippen MR) is 207 cm³/mol. The minimum absolute atomic E-state index is 0.0223. The molecule has 0 fully saturated rings. The summed E-state index contributed by atoms with van der Waals surface area (Å²) in [5.41, 5.74) is 3.16. The van der Waals surface area contributed by atoms with Crippen molar-refractivity contribution < 1.29 is 9.47 Å². The Labute approximate surface area is 288 Å². The van der Waals surface area contributed by atoms with E-state index in [1.807, 2.05) is 0 Å². The number of hydrogen-bond acceptors (Lipinski definition) is 4. The number of rotatable bonds is 22. The van der Waals surface area contributed by atoms with Crippen LogP contribution in [0.5, 0.6) is 0 Å². The first-order valence-corrected chi connectivity index (χ1v) is 21.9. The molecule has 0 amide bonds. The van der Waals surface area contributed by atoms with Crippen LogP contribution in [-0.4, -0.2) is 57.9 Å². The lowest BCUT2D eigenvalue weighted by atomic mass is 9.91. The second-order valence-corrected chi connectivity index (χ2v) is 21.2. The first-order chi connectivity index (χ1) is 21.3. The molecule has 5 heteroatoms. The molecule has 1 aliphatic rings. The maximum Gasteiger partial charge on any atom is 0.0624 e. The molecule has 0 saturated heterocycles. The van der Waals surface area contributed by atoms with Crippen LogP contribution in [0.1, 0.15) is 114 Å². The lowest BCUT2D eigenvalue weighted by Gasteiger charge is -2.39. The van der Waals surface area contributed by atoms with E-state index in [0.717, 1.165) is 38.9 Å². The van der Waals surface area contributed by atoms with Crippen molar-refractivity contribution in [2.75, 3.05) is 42.0 Å². The van der Waals surface area contributed by atoms with Gasteiger partial charge in [-0.25, -0.2) is 0 Å². The van der Waals surface area contributed by atoms with Gasteiger partial charge in [0.25, 0.3) is 0 Å². The molecule has 2 nitrogen and oxygen atoms in total. The first kappa shape index (κ1) is 38.9. The molecule has 0 aliphatic carbocycles. The highest BCUT2D eigenvalue weighted by molar-refractivity contribution is 8.34. The molecule has 2 aromatic carbocycles. The highest BCUT2D eigenvalue weighted by Crippen LogP contribution is 2.72. The third-order valence-corrected chi connectivity index (χ3v) is 18.0. The highest BCUT2D eigenvalue weighted by atomic mass is 32.3. The molecule has 0 saturated carbocycles. The summed E-state index contributed by atoms with van der Waals surface area (Å²) in [6, 6.07) is 18.7. The van der Waals surface area contributed by atoms with Gasteiger partial charge in [0.15, 0.2) is 0 Å². The van der Waals surface area contributed by atoms with Gasteiger partial charge in [-0.05, 0) is 124 Å². The zero-order valence-electron chi connectivity index (χ0n) is 30.6. The first-order valence-electron chi connectivity index (χ1n) is 17.7. The Balaban J connectivity index is 1.67. The van der Waals surface area contributed by atoms with Gasteiger partial charge in [-0.2, -0.15) is 33.6 Å². The Hall–Kier alpha value is -0.590. The molecule has 0 bridgehead atoms. The largest absolute Gasteiger partial charge is 0.376 e. The predicted octanol–water partition coefficient (Wildman–Crippen LogP) is 12.5. The average Bonchev–Trinajstić information content (AvgIpc) is 3.32. The summed E-state index contributed by atoms with van der Waals surface area (Å²) < 4.78 is 12.9. The van der Waals surface area contributed by atoms with Crippen molar-refractivity contribution in [3.8, 4) is 11.1 Å². The van der Waals surface area contributed by atoms with Crippen molar-refractivity contribution >= 4 is 33.6 Å². The number of hydrogen-bond donors (Lipinski definition) is 0. The molecule has 0 radical (unpaired) electrons. The summed E-state index contributed by atoms with van der Waals surface area (Å²) in [7, 11) is -1.07. The minimum atomic E-state index is -1.07. The molecular weight excluding hydrogens is 609 g/mol. The van der Waals surface area contributed by atoms with Crippen molar-refractivity contribution in [1.82, 2.24) is 0 Å². The third kappa shape index (κ3) is 10.7. The molecule has 2 unspecified atom stereocenters. The topological polar surface area (TPSA) is 18.5 Å². The molecular formula is C40H66O2S3. The van der Waals surface area contributed by atoms with E-state index < -0.39 is 10.0 Å². The Morgan fingerprint density at radius 2 is 1.18 bits per heavy atom. The van der Waals surface area contributed by atoms with Crippen molar-refractivity contribution in [3.63, 3.8) is 0 Å². The van der Waals surface area contributed by atoms with E-state index in [0.29, 0.717) is 0 Å². The van der Waals surface area contributed by atoms with Gasteiger partial charge in [-0.15, -0.1) is 0 Å². The lowest BCUT2D eigenvalue weighted by molar-refractivity contribution is -0.0560. The maximum atomic E-state index is 6.38. The summed E-state index contributed by atoms with van der Waals surface area (Å²) in [4.78, 5) is 3.28. The molecule has 0 spiro atoms. The lowest BCUT2D eigenvalue weighted by Crippen LogP contribution is -2.33. The molecule has 1 heterocycles. The standard InChI is InChI=1S/C40H66O2S3/c1-11-37(5,6)41-26-25-40(10,14-4)44-28-20-30-45(35-23-17-15-21-33(35)34-22-16-18-24-36(34)45)29-19-27-43-32-39(9,13-3)31-42-38(7,8)12-2/h15-18,21-24H,11-14,19-20,25-32H2,1-10H3. The van der Waals surface area contributed by atoms with Crippen LogP contribution in [0.15, 0.2) is 58.3 Å². The molecule has 0 N–H and O–H groups in total. The van der Waals surface area contributed by atoms with E-state index in [-0.39, 0.29) is 21.4 Å². The van der Waals surface area contributed by atoms with Crippen LogP contribution in [0.25, 0.3) is 11.1 Å². The molecule has 256 valence electrons. The Bertz CT molecular complexity index is 1130. The average molecular weight is 675 g/mol. The Morgan fingerprint density at radius 1 is 0.644 bits per heavy atom. The zero-order chi connectivity index (χ0) is 33.2. The van der Waals surface area contributed by atoms with E-state index in [9.17, 15) is 0 Å². The summed E-state index contributed by atoms with van der Waals surface area (Å²) in [5.74, 6) is 6.21. The highest BCUT2D eigenvalue weighted by Gasteiger charge is 2.38. The van der Waals surface area contributed by atoms with Crippen LogP contribution >= 0.6 is 33.6 Å². The van der Waals surface area contributed by atoms with Crippen LogP contribution in [0.2, 0.25) is 0 Å². The van der Waals surface area contributed by atoms with Gasteiger partial charge < -0.3 is 9.47 Å². The zero-order valence-corrected chi connectivity index (χ0v) is 33.0. The molecule has 2 aromatic rings. The van der Waals surface area contributed by atoms with E-state index in [1.54, 1.807) is 9.79 Å². The van der Waals surface area contributed by atoms with Gasteiger partial charge in [0.2, 0.25) is 0 Å². The number of fused-ring (bicyclic) bond motifs is 3. The molecule has 0 aromatic heterocycles. The van der Waals surface area contributed by atoms with Crippen LogP contribution in [0, 0.1) is 5.41 Å². The molecule has 2 atom stereocenters. The molecule has 45 heavy (non-hydrogen) atoms. The molecule has 1 aliphatic heterocycles. The van der Waals surface area contributed by atoms with Gasteiger partial charge in [-0.1, -0.05) is 77.9 Å². The number of thioether (sulfide) groups is 2. The Kier molecular flexibility index (Phi) is 14.8. The summed E-state index contributed by atoms with van der Waals surface area (Å²) in [5, 5.41) is 0. The second kappa shape index (κ2) is 17.2. The van der Waals surface area contributed by atoms with Gasteiger partial charge in [0, 0.05) is 26.9 Å². The smallest absolute Gasteiger partial charge is 0.0624 e. The monoisotopic (exact) mass is 674 g/mol. The van der Waals surface area contributed by atoms with E-state index in [4.69, 9.17) is 9.47 Å². The van der Waals surface area contributed by atoms with Gasteiger partial charge in [0.1, 0.15) is 0 Å². The SMILES string of the molecule is CCC(C)(COC(C)(C)CC)CSCCCS1(CCCSC(C)(CC)CCOC(C)(C)CC)c2ccccc2-c2ccccc21. The van der Waals surface area contributed by atoms with E-state index >= 15 is 0 Å². The van der Waals surface area contributed by atoms with E-state index in [1.165, 1.54) is 59.2 Å². The van der Waals surface area contributed by atoms with Gasteiger partial charge in [0.05, 0.1) is 17.8 Å². The van der Waals surface area contributed by atoms with Crippen molar-refractivity contribution in [3.05, 3.63) is 48.5 Å². The quantitative estimate of drug-likeness (QED) is 0.116. The maximum absolute atomic E-state index is 6.38. The summed E-state index contributed by atoms with van der Waals surface area (Å²) >= 11 is 4.34. The Morgan fingerprint density at radius 3 is 1.71 bits per heavy atom. The fourth-order valence-electron chi connectivity index (χ4n) is 5.78. The number of ether oxygens (including phenoxy) is 2. The normalized spacial score (nSPS) is 17.7. The van der Waals surface area contributed by atoms with E-state index in [2.05, 4.69) is 141 Å². The van der Waals surface area contributed by atoms with Gasteiger partial charge >= 0.3 is 0 Å². The minimum Gasteiger partial charge on any atom is -0.376 e.